The first kappa shape index (κ1) is 13.9. The SMILES string of the molecule is C[C@@H](Cc1cccs1)NC(=O)Nc1cccc(Cl)c1. The molecule has 0 unspecified atom stereocenters. The number of carbonyl (C=O) groups is 1. The third-order valence-electron chi connectivity index (χ3n) is 2.55. The molecule has 1 aromatic heterocycles. The number of carbonyl (C=O) groups excluding carboxylic acids is 1. The maximum atomic E-state index is 11.8. The van der Waals surface area contributed by atoms with Gasteiger partial charge in [-0.05, 0) is 36.6 Å². The summed E-state index contributed by atoms with van der Waals surface area (Å²) >= 11 is 7.55. The van der Waals surface area contributed by atoms with E-state index in [0.717, 1.165) is 6.42 Å². The third kappa shape index (κ3) is 4.58. The predicted molar refractivity (Wildman–Crippen MR) is 81.1 cm³/mol. The van der Waals surface area contributed by atoms with E-state index in [1.165, 1.54) is 4.88 Å². The van der Waals surface area contributed by atoms with Crippen LogP contribution in [0.25, 0.3) is 0 Å². The van der Waals surface area contributed by atoms with Gasteiger partial charge in [-0.3, -0.25) is 0 Å². The average Bonchev–Trinajstić information content (AvgIpc) is 2.81. The second-order valence-electron chi connectivity index (χ2n) is 4.29. The molecule has 0 bridgehead atoms. The van der Waals surface area contributed by atoms with Crippen molar-refractivity contribution in [3.63, 3.8) is 0 Å². The van der Waals surface area contributed by atoms with Gasteiger partial charge in [-0.15, -0.1) is 11.3 Å². The zero-order valence-electron chi connectivity index (χ0n) is 10.5. The van der Waals surface area contributed by atoms with E-state index in [1.807, 2.05) is 18.4 Å². The van der Waals surface area contributed by atoms with Crippen LogP contribution in [0, 0.1) is 0 Å². The van der Waals surface area contributed by atoms with Gasteiger partial charge in [0.1, 0.15) is 0 Å². The summed E-state index contributed by atoms with van der Waals surface area (Å²) in [6.45, 7) is 1.98. The Hall–Kier alpha value is -1.52. The zero-order chi connectivity index (χ0) is 13.7. The fourth-order valence-electron chi connectivity index (χ4n) is 1.74. The highest BCUT2D eigenvalue weighted by Crippen LogP contribution is 2.15. The molecular formula is C14H15ClN2OS. The van der Waals surface area contributed by atoms with E-state index >= 15 is 0 Å². The Morgan fingerprint density at radius 1 is 1.37 bits per heavy atom. The summed E-state index contributed by atoms with van der Waals surface area (Å²) in [5.41, 5.74) is 0.688. The molecule has 1 heterocycles. The smallest absolute Gasteiger partial charge is 0.319 e. The van der Waals surface area contributed by atoms with Crippen LogP contribution in [0.3, 0.4) is 0 Å². The molecular weight excluding hydrogens is 280 g/mol. The first-order valence-electron chi connectivity index (χ1n) is 5.99. The number of rotatable bonds is 4. The van der Waals surface area contributed by atoms with E-state index in [0.29, 0.717) is 10.7 Å². The Labute approximate surface area is 121 Å². The standard InChI is InChI=1S/C14H15ClN2OS/c1-10(8-13-6-3-7-19-13)16-14(18)17-12-5-2-4-11(15)9-12/h2-7,9-10H,8H2,1H3,(H2,16,17,18)/t10-/m0/s1. The molecule has 1 atom stereocenters. The highest BCUT2D eigenvalue weighted by Gasteiger charge is 2.08. The number of hydrogen-bond acceptors (Lipinski definition) is 2. The van der Waals surface area contributed by atoms with Crippen molar-refractivity contribution in [3.05, 3.63) is 51.7 Å². The molecule has 0 spiro atoms. The fourth-order valence-corrected chi connectivity index (χ4v) is 2.76. The largest absolute Gasteiger partial charge is 0.335 e. The maximum Gasteiger partial charge on any atom is 0.319 e. The van der Waals surface area contributed by atoms with Gasteiger partial charge in [-0.2, -0.15) is 0 Å². The molecule has 19 heavy (non-hydrogen) atoms. The molecule has 0 radical (unpaired) electrons. The highest BCUT2D eigenvalue weighted by molar-refractivity contribution is 7.09. The van der Waals surface area contributed by atoms with Gasteiger partial charge < -0.3 is 10.6 Å². The summed E-state index contributed by atoms with van der Waals surface area (Å²) in [5, 5.41) is 8.30. The molecule has 0 aliphatic heterocycles. The lowest BCUT2D eigenvalue weighted by Crippen LogP contribution is -2.37. The van der Waals surface area contributed by atoms with Gasteiger partial charge in [0.15, 0.2) is 0 Å². The summed E-state index contributed by atoms with van der Waals surface area (Å²) in [6.07, 6.45) is 0.834. The van der Waals surface area contributed by atoms with Gasteiger partial charge in [0, 0.05) is 28.0 Å². The number of hydrogen-bond donors (Lipinski definition) is 2. The van der Waals surface area contributed by atoms with Crippen LogP contribution in [0.1, 0.15) is 11.8 Å². The van der Waals surface area contributed by atoms with E-state index in [1.54, 1.807) is 35.6 Å². The molecule has 0 saturated heterocycles. The maximum absolute atomic E-state index is 11.8. The van der Waals surface area contributed by atoms with E-state index < -0.39 is 0 Å². The molecule has 0 saturated carbocycles. The number of halogens is 1. The van der Waals surface area contributed by atoms with Gasteiger partial charge in [-0.25, -0.2) is 4.79 Å². The lowest BCUT2D eigenvalue weighted by atomic mass is 10.2. The number of nitrogens with one attached hydrogen (secondary N) is 2. The first-order valence-corrected chi connectivity index (χ1v) is 7.25. The Morgan fingerprint density at radius 2 is 2.21 bits per heavy atom. The van der Waals surface area contributed by atoms with Gasteiger partial charge >= 0.3 is 6.03 Å². The van der Waals surface area contributed by atoms with Crippen molar-refractivity contribution >= 4 is 34.7 Å². The van der Waals surface area contributed by atoms with E-state index in [4.69, 9.17) is 11.6 Å². The van der Waals surface area contributed by atoms with Crippen LogP contribution in [-0.2, 0) is 6.42 Å². The van der Waals surface area contributed by atoms with Crippen molar-refractivity contribution in [2.45, 2.75) is 19.4 Å². The summed E-state index contributed by atoms with van der Waals surface area (Å²) in [4.78, 5) is 13.1. The summed E-state index contributed by atoms with van der Waals surface area (Å²) in [7, 11) is 0. The van der Waals surface area contributed by atoms with Crippen molar-refractivity contribution < 1.29 is 4.79 Å². The quantitative estimate of drug-likeness (QED) is 0.873. The summed E-state index contributed by atoms with van der Waals surface area (Å²) < 4.78 is 0. The average molecular weight is 295 g/mol. The molecule has 2 rings (SSSR count). The topological polar surface area (TPSA) is 41.1 Å². The van der Waals surface area contributed by atoms with Crippen molar-refractivity contribution in [2.75, 3.05) is 5.32 Å². The lowest BCUT2D eigenvalue weighted by molar-refractivity contribution is 0.249. The molecule has 0 aliphatic carbocycles. The Kier molecular flexibility index (Phi) is 4.82. The number of anilines is 1. The molecule has 2 aromatic rings. The van der Waals surface area contributed by atoms with Crippen LogP contribution in [-0.4, -0.2) is 12.1 Å². The third-order valence-corrected chi connectivity index (χ3v) is 3.68. The molecule has 0 fully saturated rings. The lowest BCUT2D eigenvalue weighted by Gasteiger charge is -2.14. The summed E-state index contributed by atoms with van der Waals surface area (Å²) in [6, 6.07) is 11.0. The Bertz CT molecular complexity index is 542. The van der Waals surface area contributed by atoms with Crippen LogP contribution in [0.2, 0.25) is 5.02 Å². The highest BCUT2D eigenvalue weighted by atomic mass is 35.5. The predicted octanol–water partition coefficient (Wildman–Crippen LogP) is 4.15. The van der Waals surface area contributed by atoms with Crippen LogP contribution in [0.4, 0.5) is 10.5 Å². The van der Waals surface area contributed by atoms with Gasteiger partial charge in [0.25, 0.3) is 0 Å². The van der Waals surface area contributed by atoms with Crippen LogP contribution < -0.4 is 10.6 Å². The molecule has 0 aliphatic rings. The van der Waals surface area contributed by atoms with Crippen LogP contribution in [0.15, 0.2) is 41.8 Å². The van der Waals surface area contributed by atoms with Gasteiger partial charge in [0.05, 0.1) is 0 Å². The van der Waals surface area contributed by atoms with Crippen LogP contribution >= 0.6 is 22.9 Å². The second kappa shape index (κ2) is 6.59. The number of amides is 2. The molecule has 2 amide bonds. The fraction of sp³-hybridized carbons (Fsp3) is 0.214. The molecule has 2 N–H and O–H groups in total. The zero-order valence-corrected chi connectivity index (χ0v) is 12.1. The summed E-state index contributed by atoms with van der Waals surface area (Å²) in [5.74, 6) is 0. The van der Waals surface area contributed by atoms with Crippen LogP contribution in [0.5, 0.6) is 0 Å². The normalized spacial score (nSPS) is 11.9. The number of benzene rings is 1. The Morgan fingerprint density at radius 3 is 2.89 bits per heavy atom. The van der Waals surface area contributed by atoms with E-state index in [9.17, 15) is 4.79 Å². The first-order chi connectivity index (χ1) is 9.13. The van der Waals surface area contributed by atoms with Crippen molar-refractivity contribution in [3.8, 4) is 0 Å². The van der Waals surface area contributed by atoms with Gasteiger partial charge in [-0.1, -0.05) is 23.7 Å². The second-order valence-corrected chi connectivity index (χ2v) is 5.76. The minimum Gasteiger partial charge on any atom is -0.335 e. The van der Waals surface area contributed by atoms with Crippen molar-refractivity contribution in [1.82, 2.24) is 5.32 Å². The number of urea groups is 1. The van der Waals surface area contributed by atoms with E-state index in [-0.39, 0.29) is 12.1 Å². The van der Waals surface area contributed by atoms with Crippen molar-refractivity contribution in [2.24, 2.45) is 0 Å². The minimum absolute atomic E-state index is 0.0813. The monoisotopic (exact) mass is 294 g/mol. The van der Waals surface area contributed by atoms with Gasteiger partial charge in [0.2, 0.25) is 0 Å². The molecule has 5 heteroatoms. The minimum atomic E-state index is -0.216. The Balaban J connectivity index is 1.84. The number of thiophene rings is 1. The molecule has 3 nitrogen and oxygen atoms in total. The molecule has 1 aromatic carbocycles. The van der Waals surface area contributed by atoms with E-state index in [2.05, 4.69) is 16.7 Å². The molecule has 100 valence electrons. The van der Waals surface area contributed by atoms with Crippen molar-refractivity contribution in [1.29, 1.82) is 0 Å².